The molecule has 0 bridgehead atoms. The summed E-state index contributed by atoms with van der Waals surface area (Å²) in [4.78, 5) is 51.3. The van der Waals surface area contributed by atoms with Crippen LogP contribution in [-0.4, -0.2) is 30.3 Å². The number of hydrogen-bond donors (Lipinski definition) is 1. The Labute approximate surface area is 200 Å². The lowest BCUT2D eigenvalue weighted by Crippen LogP contribution is -2.31. The number of benzene rings is 2. The summed E-state index contributed by atoms with van der Waals surface area (Å²) in [7, 11) is 0. The molecule has 0 saturated carbocycles. The predicted molar refractivity (Wildman–Crippen MR) is 124 cm³/mol. The van der Waals surface area contributed by atoms with Gasteiger partial charge in [0, 0.05) is 5.02 Å². The van der Waals surface area contributed by atoms with Gasteiger partial charge >= 0.3 is 5.97 Å². The topological polar surface area (TPSA) is 92.8 Å². The van der Waals surface area contributed by atoms with Crippen molar-refractivity contribution in [2.75, 3.05) is 16.8 Å². The van der Waals surface area contributed by atoms with Gasteiger partial charge in [0.05, 0.1) is 33.8 Å². The molecule has 4 rings (SSSR count). The van der Waals surface area contributed by atoms with Gasteiger partial charge < -0.3 is 10.1 Å². The van der Waals surface area contributed by atoms with E-state index in [1.165, 1.54) is 41.3 Å². The highest BCUT2D eigenvalue weighted by Crippen LogP contribution is 2.40. The summed E-state index contributed by atoms with van der Waals surface area (Å²) in [6.45, 7) is 1.40. The number of allylic oxidation sites excluding steroid dienone is 2. The Hall–Kier alpha value is -3.16. The third-order valence-corrected chi connectivity index (χ3v) is 6.34. The number of carbonyl (C=O) groups is 4. The fourth-order valence-electron chi connectivity index (χ4n) is 4.14. The van der Waals surface area contributed by atoms with Gasteiger partial charge in [0.25, 0.3) is 5.91 Å². The normalized spacial score (nSPS) is 21.7. The van der Waals surface area contributed by atoms with Gasteiger partial charge in [-0.25, -0.2) is 4.79 Å². The molecule has 0 radical (unpaired) electrons. The molecule has 3 amide bonds. The van der Waals surface area contributed by atoms with Crippen molar-refractivity contribution in [1.29, 1.82) is 0 Å². The van der Waals surface area contributed by atoms with Crippen molar-refractivity contribution < 1.29 is 23.9 Å². The minimum atomic E-state index is -0.723. The summed E-state index contributed by atoms with van der Waals surface area (Å²) in [5.41, 5.74) is 0.884. The number of anilines is 2. The molecule has 2 aromatic rings. The number of carbonyl (C=O) groups excluding carboxylic acids is 4. The van der Waals surface area contributed by atoms with Gasteiger partial charge in [0.15, 0.2) is 6.61 Å². The van der Waals surface area contributed by atoms with E-state index in [2.05, 4.69) is 5.32 Å². The SMILES string of the molecule is C[C@@H]1C=CC[C@@H]2C(=O)N(c3ccc(C(=O)OCC(=O)Nc4cc(Cl)ccc4Cl)cc3)C(=O)[C@H]12. The van der Waals surface area contributed by atoms with Crippen molar-refractivity contribution in [3.8, 4) is 0 Å². The molecule has 2 aliphatic rings. The van der Waals surface area contributed by atoms with Gasteiger partial charge in [0.2, 0.25) is 11.8 Å². The summed E-state index contributed by atoms with van der Waals surface area (Å²) in [5.74, 6) is -2.48. The number of imide groups is 1. The van der Waals surface area contributed by atoms with E-state index in [1.54, 1.807) is 6.07 Å². The largest absolute Gasteiger partial charge is 0.452 e. The van der Waals surface area contributed by atoms with Crippen molar-refractivity contribution in [2.24, 2.45) is 17.8 Å². The molecule has 0 spiro atoms. The molecule has 1 heterocycles. The van der Waals surface area contributed by atoms with Gasteiger partial charge in [0.1, 0.15) is 0 Å². The standard InChI is InChI=1S/C24H20Cl2N2O5/c1-13-3-2-4-17-21(13)23(31)28(22(17)30)16-8-5-14(6-9-16)24(32)33-12-20(29)27-19-11-15(25)7-10-18(19)26/h2-3,5-11,13,17,21H,4,12H2,1H3,(H,27,29)/t13-,17+,21-/m1/s1. The molecule has 170 valence electrons. The Morgan fingerprint density at radius 3 is 2.52 bits per heavy atom. The summed E-state index contributed by atoms with van der Waals surface area (Å²) in [6, 6.07) is 10.5. The zero-order chi connectivity index (χ0) is 23.7. The van der Waals surface area contributed by atoms with Gasteiger partial charge in [-0.15, -0.1) is 0 Å². The molecule has 1 aliphatic heterocycles. The fraction of sp³-hybridized carbons (Fsp3) is 0.250. The smallest absolute Gasteiger partial charge is 0.338 e. The summed E-state index contributed by atoms with van der Waals surface area (Å²) >= 11 is 11.9. The molecule has 0 unspecified atom stereocenters. The molecule has 2 aromatic carbocycles. The van der Waals surface area contributed by atoms with Crippen LogP contribution in [0.5, 0.6) is 0 Å². The van der Waals surface area contributed by atoms with Gasteiger partial charge in [-0.2, -0.15) is 0 Å². The first kappa shape index (κ1) is 23.0. The van der Waals surface area contributed by atoms with Crippen molar-refractivity contribution in [3.63, 3.8) is 0 Å². The predicted octanol–water partition coefficient (Wildman–Crippen LogP) is 4.49. The van der Waals surface area contributed by atoms with Crippen LogP contribution < -0.4 is 10.2 Å². The van der Waals surface area contributed by atoms with E-state index in [1.807, 2.05) is 19.1 Å². The third kappa shape index (κ3) is 4.65. The van der Waals surface area contributed by atoms with E-state index >= 15 is 0 Å². The van der Waals surface area contributed by atoms with Crippen molar-refractivity contribution in [2.45, 2.75) is 13.3 Å². The number of amides is 3. The van der Waals surface area contributed by atoms with Gasteiger partial charge in [-0.1, -0.05) is 42.3 Å². The van der Waals surface area contributed by atoms with Crippen LogP contribution >= 0.6 is 23.2 Å². The highest BCUT2D eigenvalue weighted by atomic mass is 35.5. The number of halogens is 2. The second kappa shape index (κ2) is 9.37. The van der Waals surface area contributed by atoms with Gasteiger partial charge in [-0.05, 0) is 54.8 Å². The molecule has 7 nitrogen and oxygen atoms in total. The Kier molecular flexibility index (Phi) is 6.54. The lowest BCUT2D eigenvalue weighted by molar-refractivity contribution is -0.123. The van der Waals surface area contributed by atoms with E-state index in [9.17, 15) is 19.2 Å². The number of rotatable bonds is 5. The summed E-state index contributed by atoms with van der Waals surface area (Å²) in [5, 5.41) is 3.21. The maximum Gasteiger partial charge on any atom is 0.338 e. The number of ether oxygens (including phenoxy) is 1. The Balaban J connectivity index is 1.38. The van der Waals surface area contributed by atoms with Crippen molar-refractivity contribution in [3.05, 3.63) is 70.2 Å². The van der Waals surface area contributed by atoms with Gasteiger partial charge in [-0.3, -0.25) is 19.3 Å². The lowest BCUT2D eigenvalue weighted by atomic mass is 9.78. The van der Waals surface area contributed by atoms with E-state index in [4.69, 9.17) is 27.9 Å². The van der Waals surface area contributed by atoms with Crippen LogP contribution in [0.2, 0.25) is 10.0 Å². The molecule has 33 heavy (non-hydrogen) atoms. The molecule has 1 saturated heterocycles. The molecule has 3 atom stereocenters. The lowest BCUT2D eigenvalue weighted by Gasteiger charge is -2.22. The Morgan fingerprint density at radius 1 is 1.09 bits per heavy atom. The number of nitrogens with zero attached hydrogens (tertiary/aromatic N) is 1. The van der Waals surface area contributed by atoms with E-state index in [-0.39, 0.29) is 35.1 Å². The minimum absolute atomic E-state index is 0.00705. The van der Waals surface area contributed by atoms with E-state index in [0.29, 0.717) is 27.8 Å². The number of nitrogens with one attached hydrogen (secondary N) is 1. The van der Waals surface area contributed by atoms with Crippen LogP contribution in [0.15, 0.2) is 54.6 Å². The Bertz CT molecular complexity index is 1160. The maximum atomic E-state index is 12.9. The minimum Gasteiger partial charge on any atom is -0.452 e. The Morgan fingerprint density at radius 2 is 1.82 bits per heavy atom. The first-order valence-electron chi connectivity index (χ1n) is 10.3. The second-order valence-electron chi connectivity index (χ2n) is 7.96. The molecule has 1 fully saturated rings. The highest BCUT2D eigenvalue weighted by molar-refractivity contribution is 6.35. The molecular weight excluding hydrogens is 467 g/mol. The average Bonchev–Trinajstić information content (AvgIpc) is 3.05. The molecule has 1 aliphatic carbocycles. The number of hydrogen-bond acceptors (Lipinski definition) is 5. The van der Waals surface area contributed by atoms with Crippen molar-refractivity contribution >= 4 is 58.3 Å². The first-order chi connectivity index (χ1) is 15.8. The summed E-state index contributed by atoms with van der Waals surface area (Å²) in [6.07, 6.45) is 4.45. The van der Waals surface area contributed by atoms with Crippen LogP contribution in [0.1, 0.15) is 23.7 Å². The maximum absolute atomic E-state index is 12.9. The van der Waals surface area contributed by atoms with Crippen LogP contribution in [0.3, 0.4) is 0 Å². The number of esters is 1. The van der Waals surface area contributed by atoms with Crippen LogP contribution in [-0.2, 0) is 19.1 Å². The molecule has 1 N–H and O–H groups in total. The van der Waals surface area contributed by atoms with Crippen molar-refractivity contribution in [1.82, 2.24) is 0 Å². The fourth-order valence-corrected chi connectivity index (χ4v) is 4.48. The average molecular weight is 487 g/mol. The monoisotopic (exact) mass is 486 g/mol. The molecule has 9 heteroatoms. The number of fused-ring (bicyclic) bond motifs is 1. The second-order valence-corrected chi connectivity index (χ2v) is 8.81. The van der Waals surface area contributed by atoms with E-state index in [0.717, 1.165) is 0 Å². The van der Waals surface area contributed by atoms with Crippen LogP contribution in [0, 0.1) is 17.8 Å². The van der Waals surface area contributed by atoms with E-state index < -0.39 is 18.5 Å². The molecular formula is C24H20Cl2N2O5. The zero-order valence-electron chi connectivity index (χ0n) is 17.6. The molecule has 0 aromatic heterocycles. The quantitative estimate of drug-likeness (QED) is 0.381. The van der Waals surface area contributed by atoms with Crippen LogP contribution in [0.25, 0.3) is 0 Å². The highest BCUT2D eigenvalue weighted by Gasteiger charge is 2.50. The van der Waals surface area contributed by atoms with Crippen LogP contribution in [0.4, 0.5) is 11.4 Å². The third-order valence-electron chi connectivity index (χ3n) is 5.77. The summed E-state index contributed by atoms with van der Waals surface area (Å²) < 4.78 is 5.05. The first-order valence-corrected chi connectivity index (χ1v) is 11.1. The zero-order valence-corrected chi connectivity index (χ0v) is 19.1.